The van der Waals surface area contributed by atoms with Crippen LogP contribution in [0.4, 0.5) is 18.9 Å². The molecule has 0 aromatic heterocycles. The highest BCUT2D eigenvalue weighted by Gasteiger charge is 2.18. The van der Waals surface area contributed by atoms with E-state index in [-0.39, 0.29) is 19.0 Å². The van der Waals surface area contributed by atoms with Crippen LogP contribution in [0.2, 0.25) is 0 Å². The molecule has 28 heavy (non-hydrogen) atoms. The van der Waals surface area contributed by atoms with Crippen molar-refractivity contribution in [3.63, 3.8) is 0 Å². The molecule has 9 heteroatoms. The number of anilines is 1. The Bertz CT molecular complexity index is 862. The summed E-state index contributed by atoms with van der Waals surface area (Å²) in [4.78, 5) is 24.5. The average Bonchev–Trinajstić information content (AvgIpc) is 2.67. The van der Waals surface area contributed by atoms with Crippen molar-refractivity contribution in [3.05, 3.63) is 59.4 Å². The average molecular weight is 396 g/mol. The van der Waals surface area contributed by atoms with Crippen molar-refractivity contribution in [2.75, 3.05) is 32.6 Å². The second kappa shape index (κ2) is 9.75. The molecule has 1 atom stereocenters. The van der Waals surface area contributed by atoms with E-state index in [9.17, 15) is 22.8 Å². The van der Waals surface area contributed by atoms with Gasteiger partial charge in [0.05, 0.1) is 19.8 Å². The molecule has 3 N–H and O–H groups in total. The second-order valence-electron chi connectivity index (χ2n) is 6.21. The summed E-state index contributed by atoms with van der Waals surface area (Å²) in [5.41, 5.74) is 0.399. The van der Waals surface area contributed by atoms with Gasteiger partial charge in [-0.05, 0) is 29.8 Å². The lowest BCUT2D eigenvalue weighted by Gasteiger charge is -2.14. The van der Waals surface area contributed by atoms with Crippen LogP contribution in [0.15, 0.2) is 36.4 Å². The van der Waals surface area contributed by atoms with Crippen molar-refractivity contribution in [2.24, 2.45) is 0 Å². The van der Waals surface area contributed by atoms with Crippen LogP contribution < -0.4 is 20.3 Å². The van der Waals surface area contributed by atoms with Crippen LogP contribution in [0, 0.1) is 17.5 Å². The number of halogens is 3. The molecular formula is C19H21F3N3O3+. The molecular weight excluding hydrogens is 375 g/mol. The third kappa shape index (κ3) is 5.98. The fourth-order valence-electron chi connectivity index (χ4n) is 2.47. The van der Waals surface area contributed by atoms with E-state index in [1.807, 2.05) is 6.07 Å². The number of carbonyl (C=O) groups excluding carboxylic acids is 2. The summed E-state index contributed by atoms with van der Waals surface area (Å²) in [6.07, 6.45) is 0. The van der Waals surface area contributed by atoms with Crippen LogP contribution in [0.25, 0.3) is 0 Å². The Hall–Kier alpha value is -3.07. The summed E-state index contributed by atoms with van der Waals surface area (Å²) in [6.45, 7) is 0.137. The van der Waals surface area contributed by atoms with Crippen molar-refractivity contribution in [1.29, 1.82) is 0 Å². The van der Waals surface area contributed by atoms with E-state index >= 15 is 0 Å². The van der Waals surface area contributed by atoms with Crippen LogP contribution in [0.1, 0.15) is 5.56 Å². The van der Waals surface area contributed by atoms with Gasteiger partial charge >= 0.3 is 0 Å². The summed E-state index contributed by atoms with van der Waals surface area (Å²) in [5, 5.41) is 4.89. The largest absolute Gasteiger partial charge is 0.497 e. The number of quaternary nitrogens is 1. The molecule has 2 aromatic carbocycles. The van der Waals surface area contributed by atoms with E-state index in [0.717, 1.165) is 17.7 Å². The van der Waals surface area contributed by atoms with Crippen LogP contribution in [0.5, 0.6) is 5.75 Å². The molecule has 0 aliphatic carbocycles. The van der Waals surface area contributed by atoms with E-state index in [2.05, 4.69) is 10.6 Å². The van der Waals surface area contributed by atoms with Crippen LogP contribution in [-0.2, 0) is 16.1 Å². The SMILES string of the molecule is COc1cccc(CNC(=O)C[NH+](C)CC(=O)Nc2ccc(F)c(F)c2F)c1. The zero-order valence-corrected chi connectivity index (χ0v) is 15.4. The molecule has 0 aliphatic rings. The number of amides is 2. The Morgan fingerprint density at radius 3 is 2.46 bits per heavy atom. The molecule has 150 valence electrons. The highest BCUT2D eigenvalue weighted by molar-refractivity contribution is 5.91. The van der Waals surface area contributed by atoms with Gasteiger partial charge in [0.25, 0.3) is 11.8 Å². The number of rotatable bonds is 8. The van der Waals surface area contributed by atoms with E-state index in [1.165, 1.54) is 0 Å². The van der Waals surface area contributed by atoms with Gasteiger partial charge < -0.3 is 20.3 Å². The Balaban J connectivity index is 1.80. The highest BCUT2D eigenvalue weighted by Crippen LogP contribution is 2.19. The number of carbonyl (C=O) groups is 2. The van der Waals surface area contributed by atoms with Crippen molar-refractivity contribution in [2.45, 2.75) is 6.54 Å². The van der Waals surface area contributed by atoms with Crippen LogP contribution in [0.3, 0.4) is 0 Å². The van der Waals surface area contributed by atoms with Gasteiger partial charge in [-0.1, -0.05) is 12.1 Å². The first kappa shape index (κ1) is 21.2. The Morgan fingerprint density at radius 1 is 1.04 bits per heavy atom. The lowest BCUT2D eigenvalue weighted by molar-refractivity contribution is -0.862. The Morgan fingerprint density at radius 2 is 1.75 bits per heavy atom. The molecule has 0 saturated heterocycles. The minimum absolute atomic E-state index is 0.00233. The van der Waals surface area contributed by atoms with Gasteiger partial charge in [-0.2, -0.15) is 0 Å². The summed E-state index contributed by atoms with van der Waals surface area (Å²) in [5.74, 6) is -4.71. The van der Waals surface area contributed by atoms with Gasteiger partial charge in [-0.3, -0.25) is 9.59 Å². The Kier molecular flexibility index (Phi) is 7.39. The number of ether oxygens (including phenoxy) is 1. The van der Waals surface area contributed by atoms with E-state index in [1.54, 1.807) is 32.4 Å². The third-order valence-corrected chi connectivity index (χ3v) is 3.86. The van der Waals surface area contributed by atoms with Gasteiger partial charge in [-0.15, -0.1) is 0 Å². The highest BCUT2D eigenvalue weighted by atomic mass is 19.2. The first-order valence-electron chi connectivity index (χ1n) is 8.44. The topological polar surface area (TPSA) is 71.9 Å². The van der Waals surface area contributed by atoms with Gasteiger partial charge in [0, 0.05) is 6.54 Å². The first-order chi connectivity index (χ1) is 13.3. The maximum Gasteiger partial charge on any atom is 0.279 e. The third-order valence-electron chi connectivity index (χ3n) is 3.86. The summed E-state index contributed by atoms with van der Waals surface area (Å²) < 4.78 is 44.8. The molecule has 0 radical (unpaired) electrons. The molecule has 2 rings (SSSR count). The standard InChI is InChI=1S/C19H20F3N3O3/c1-25(10-16(26)23-9-12-4-3-5-13(8-12)28-2)11-17(27)24-15-7-6-14(20)18(21)19(15)22/h3-8H,9-11H2,1-2H3,(H,23,26)(H,24,27)/p+1. The summed E-state index contributed by atoms with van der Waals surface area (Å²) in [6, 6.07) is 8.87. The molecule has 0 spiro atoms. The van der Waals surface area contributed by atoms with Gasteiger partial charge in [0.1, 0.15) is 5.75 Å². The maximum atomic E-state index is 13.6. The monoisotopic (exact) mass is 396 g/mol. The quantitative estimate of drug-likeness (QED) is 0.581. The number of likely N-dealkylation sites (N-methyl/N-ethyl adjacent to an activating group) is 1. The number of hydrogen-bond donors (Lipinski definition) is 3. The fraction of sp³-hybridized carbons (Fsp3) is 0.263. The molecule has 2 aromatic rings. The lowest BCUT2D eigenvalue weighted by atomic mass is 10.2. The second-order valence-corrected chi connectivity index (χ2v) is 6.21. The van der Waals surface area contributed by atoms with Gasteiger partial charge in [0.15, 0.2) is 30.5 Å². The smallest absolute Gasteiger partial charge is 0.279 e. The number of benzene rings is 2. The molecule has 1 unspecified atom stereocenters. The molecule has 0 fully saturated rings. The van der Waals surface area contributed by atoms with Crippen LogP contribution >= 0.6 is 0 Å². The van der Waals surface area contributed by atoms with Gasteiger partial charge in [-0.25, -0.2) is 13.2 Å². The van der Waals surface area contributed by atoms with E-state index < -0.39 is 29.0 Å². The Labute approximate surface area is 160 Å². The number of nitrogens with one attached hydrogen (secondary N) is 3. The normalized spacial score (nSPS) is 11.6. The van der Waals surface area contributed by atoms with Crippen molar-refractivity contribution >= 4 is 17.5 Å². The predicted octanol–water partition coefficient (Wildman–Crippen LogP) is 0.882. The number of hydrogen-bond acceptors (Lipinski definition) is 3. The van der Waals surface area contributed by atoms with E-state index in [4.69, 9.17) is 4.74 Å². The molecule has 0 heterocycles. The fourth-order valence-corrected chi connectivity index (χ4v) is 2.47. The van der Waals surface area contributed by atoms with Crippen molar-refractivity contribution < 1.29 is 32.4 Å². The molecule has 0 saturated carbocycles. The van der Waals surface area contributed by atoms with Gasteiger partial charge in [0.2, 0.25) is 0 Å². The summed E-state index contributed by atoms with van der Waals surface area (Å²) >= 11 is 0. The predicted molar refractivity (Wildman–Crippen MR) is 96.4 cm³/mol. The zero-order chi connectivity index (χ0) is 20.7. The van der Waals surface area contributed by atoms with E-state index in [0.29, 0.717) is 17.2 Å². The summed E-state index contributed by atoms with van der Waals surface area (Å²) in [7, 11) is 3.15. The maximum absolute atomic E-state index is 13.6. The van der Waals surface area contributed by atoms with Crippen molar-refractivity contribution in [3.8, 4) is 5.75 Å². The molecule has 0 aliphatic heterocycles. The molecule has 6 nitrogen and oxygen atoms in total. The van der Waals surface area contributed by atoms with Crippen molar-refractivity contribution in [1.82, 2.24) is 5.32 Å². The molecule has 0 bridgehead atoms. The minimum atomic E-state index is -1.66. The minimum Gasteiger partial charge on any atom is -0.497 e. The first-order valence-corrected chi connectivity index (χ1v) is 8.44. The lowest BCUT2D eigenvalue weighted by Crippen LogP contribution is -3.11. The molecule has 2 amide bonds. The number of methoxy groups -OCH3 is 1. The zero-order valence-electron chi connectivity index (χ0n) is 15.4. The van der Waals surface area contributed by atoms with Crippen LogP contribution in [-0.4, -0.2) is 39.1 Å².